The molecule has 0 radical (unpaired) electrons. The minimum Gasteiger partial charge on any atom is -0.468 e. The molecule has 4 rings (SSSR count). The minimum absolute atomic E-state index is 0.0683. The summed E-state index contributed by atoms with van der Waals surface area (Å²) in [6, 6.07) is 9.96. The van der Waals surface area contributed by atoms with Crippen LogP contribution < -0.4 is 0 Å². The van der Waals surface area contributed by atoms with Gasteiger partial charge in [-0.2, -0.15) is 0 Å². The van der Waals surface area contributed by atoms with E-state index in [1.807, 2.05) is 23.1 Å². The van der Waals surface area contributed by atoms with Crippen molar-refractivity contribution in [3.05, 3.63) is 35.9 Å². The van der Waals surface area contributed by atoms with E-state index >= 15 is 0 Å². The second-order valence-electron chi connectivity index (χ2n) is 8.61. The zero-order valence-electron chi connectivity index (χ0n) is 17.1. The number of amides is 1. The number of nitrogens with zero attached hydrogens (tertiary/aromatic N) is 2. The van der Waals surface area contributed by atoms with Gasteiger partial charge < -0.3 is 9.64 Å². The maximum absolute atomic E-state index is 13.3. The highest BCUT2D eigenvalue weighted by molar-refractivity contribution is 6.08. The van der Waals surface area contributed by atoms with Crippen LogP contribution in [-0.4, -0.2) is 59.7 Å². The molecule has 2 bridgehead atoms. The molecule has 1 amide bonds. The van der Waals surface area contributed by atoms with E-state index in [0.29, 0.717) is 26.1 Å². The molecule has 0 spiro atoms. The second kappa shape index (κ2) is 8.27. The topological polar surface area (TPSA) is 66.9 Å². The van der Waals surface area contributed by atoms with Gasteiger partial charge in [0.1, 0.15) is 0 Å². The SMILES string of the molecule is COC(=O)[C@@]1(CC(=O)N2CCCCC2)C(=O)C[C@H]2CC[C@H]1N2Cc1ccccc1. The number of esters is 1. The first kappa shape index (κ1) is 20.1. The van der Waals surface area contributed by atoms with Gasteiger partial charge in [-0.25, -0.2) is 0 Å². The number of Topliss-reactive ketones (excluding diaryl/α,β-unsaturated/α-hetero) is 1. The summed E-state index contributed by atoms with van der Waals surface area (Å²) < 4.78 is 5.14. The van der Waals surface area contributed by atoms with E-state index in [-0.39, 0.29) is 30.2 Å². The lowest BCUT2D eigenvalue weighted by Gasteiger charge is -2.46. The van der Waals surface area contributed by atoms with Gasteiger partial charge in [0.25, 0.3) is 0 Å². The third-order valence-electron chi connectivity index (χ3n) is 7.03. The van der Waals surface area contributed by atoms with E-state index < -0.39 is 11.4 Å². The lowest BCUT2D eigenvalue weighted by Crippen LogP contribution is -2.61. The van der Waals surface area contributed by atoms with Crippen LogP contribution in [0.25, 0.3) is 0 Å². The van der Waals surface area contributed by atoms with E-state index in [9.17, 15) is 14.4 Å². The molecule has 156 valence electrons. The van der Waals surface area contributed by atoms with Crippen molar-refractivity contribution in [3.8, 4) is 0 Å². The Hall–Kier alpha value is -2.21. The summed E-state index contributed by atoms with van der Waals surface area (Å²) in [4.78, 5) is 43.6. The Kier molecular flexibility index (Phi) is 5.72. The van der Waals surface area contributed by atoms with Crippen LogP contribution in [0, 0.1) is 5.41 Å². The number of fused-ring (bicyclic) bond motifs is 2. The number of carbonyl (C=O) groups excluding carboxylic acids is 3. The third-order valence-corrected chi connectivity index (χ3v) is 7.03. The van der Waals surface area contributed by atoms with Crippen molar-refractivity contribution in [1.29, 1.82) is 0 Å². The number of methoxy groups -OCH3 is 1. The van der Waals surface area contributed by atoms with Gasteiger partial charge in [-0.1, -0.05) is 30.3 Å². The molecular weight excluding hydrogens is 368 g/mol. The predicted molar refractivity (Wildman–Crippen MR) is 108 cm³/mol. The van der Waals surface area contributed by atoms with Crippen LogP contribution in [0.15, 0.2) is 30.3 Å². The largest absolute Gasteiger partial charge is 0.468 e. The van der Waals surface area contributed by atoms with Crippen LogP contribution in [0.2, 0.25) is 0 Å². The van der Waals surface area contributed by atoms with Gasteiger partial charge in [0.15, 0.2) is 11.2 Å². The van der Waals surface area contributed by atoms with E-state index in [0.717, 1.165) is 37.7 Å². The Morgan fingerprint density at radius 3 is 2.52 bits per heavy atom. The van der Waals surface area contributed by atoms with Crippen LogP contribution in [0.4, 0.5) is 0 Å². The number of rotatable bonds is 5. The number of carbonyl (C=O) groups is 3. The Labute approximate surface area is 172 Å². The Morgan fingerprint density at radius 2 is 1.83 bits per heavy atom. The lowest BCUT2D eigenvalue weighted by atomic mass is 9.69. The first-order valence-corrected chi connectivity index (χ1v) is 10.8. The third kappa shape index (κ3) is 3.59. The quantitative estimate of drug-likeness (QED) is 0.563. The second-order valence-corrected chi connectivity index (χ2v) is 8.61. The lowest BCUT2D eigenvalue weighted by molar-refractivity contribution is -0.171. The maximum Gasteiger partial charge on any atom is 0.321 e. The van der Waals surface area contributed by atoms with Crippen LogP contribution in [0.5, 0.6) is 0 Å². The number of piperidine rings is 2. The molecule has 29 heavy (non-hydrogen) atoms. The zero-order valence-corrected chi connectivity index (χ0v) is 17.1. The fourth-order valence-electron chi connectivity index (χ4n) is 5.51. The van der Waals surface area contributed by atoms with Gasteiger partial charge in [0.2, 0.25) is 5.91 Å². The predicted octanol–water partition coefficient (Wildman–Crippen LogP) is 2.55. The average Bonchev–Trinajstić information content (AvgIpc) is 3.07. The normalized spacial score (nSPS) is 29.7. The van der Waals surface area contributed by atoms with Gasteiger partial charge >= 0.3 is 5.97 Å². The van der Waals surface area contributed by atoms with Gasteiger partial charge in [-0.15, -0.1) is 0 Å². The fraction of sp³-hybridized carbons (Fsp3) is 0.609. The molecule has 0 unspecified atom stereocenters. The minimum atomic E-state index is -1.38. The van der Waals surface area contributed by atoms with Crippen molar-refractivity contribution in [3.63, 3.8) is 0 Å². The molecule has 6 nitrogen and oxygen atoms in total. The standard InChI is InChI=1S/C23H30N2O4/c1-29-22(28)23(15-21(27)24-12-6-3-7-13-24)19-11-10-18(14-20(23)26)25(19)16-17-8-4-2-5-9-17/h2,4-5,8-9,18-19H,3,6-7,10-16H2,1H3/t18-,19-,23-/m1/s1. The first-order valence-electron chi connectivity index (χ1n) is 10.8. The summed E-state index contributed by atoms with van der Waals surface area (Å²) >= 11 is 0. The average molecular weight is 399 g/mol. The van der Waals surface area contributed by atoms with E-state index in [4.69, 9.17) is 4.74 Å². The molecule has 3 atom stereocenters. The smallest absolute Gasteiger partial charge is 0.321 e. The molecule has 1 aromatic rings. The first-order chi connectivity index (χ1) is 14.1. The highest BCUT2D eigenvalue weighted by atomic mass is 16.5. The fourth-order valence-corrected chi connectivity index (χ4v) is 5.51. The van der Waals surface area contributed by atoms with Crippen LogP contribution in [-0.2, 0) is 25.7 Å². The maximum atomic E-state index is 13.3. The van der Waals surface area contributed by atoms with Crippen LogP contribution >= 0.6 is 0 Å². The molecule has 3 heterocycles. The Bertz CT molecular complexity index is 774. The molecule has 1 aromatic carbocycles. The van der Waals surface area contributed by atoms with Crippen LogP contribution in [0.3, 0.4) is 0 Å². The Morgan fingerprint density at radius 1 is 1.10 bits per heavy atom. The van der Waals surface area contributed by atoms with Crippen molar-refractivity contribution in [2.75, 3.05) is 20.2 Å². The number of hydrogen-bond donors (Lipinski definition) is 0. The molecule has 3 aliphatic rings. The summed E-state index contributed by atoms with van der Waals surface area (Å²) in [6.07, 6.45) is 4.95. The monoisotopic (exact) mass is 398 g/mol. The number of ether oxygens (including phenoxy) is 1. The molecule has 3 fully saturated rings. The highest BCUT2D eigenvalue weighted by Gasteiger charge is 2.62. The van der Waals surface area contributed by atoms with E-state index in [2.05, 4.69) is 17.0 Å². The summed E-state index contributed by atoms with van der Waals surface area (Å²) in [5.74, 6) is -0.753. The Balaban J connectivity index is 1.64. The van der Waals surface area contributed by atoms with Gasteiger partial charge in [-0.3, -0.25) is 19.3 Å². The van der Waals surface area contributed by atoms with Gasteiger partial charge in [-0.05, 0) is 37.7 Å². The van der Waals surface area contributed by atoms with Crippen molar-refractivity contribution < 1.29 is 19.1 Å². The van der Waals surface area contributed by atoms with Gasteiger partial charge in [0, 0.05) is 38.1 Å². The van der Waals surface area contributed by atoms with Crippen molar-refractivity contribution in [2.24, 2.45) is 5.41 Å². The molecule has 3 aliphatic heterocycles. The summed E-state index contributed by atoms with van der Waals surface area (Å²) in [6.45, 7) is 2.11. The van der Waals surface area contributed by atoms with Crippen molar-refractivity contribution in [1.82, 2.24) is 9.80 Å². The van der Waals surface area contributed by atoms with E-state index in [1.165, 1.54) is 7.11 Å². The molecule has 6 heteroatoms. The molecular formula is C23H30N2O4. The zero-order chi connectivity index (χ0) is 20.4. The summed E-state index contributed by atoms with van der Waals surface area (Å²) in [5, 5.41) is 0. The molecule has 0 saturated carbocycles. The molecule has 0 aromatic heterocycles. The molecule has 0 N–H and O–H groups in total. The highest BCUT2D eigenvalue weighted by Crippen LogP contribution is 2.48. The van der Waals surface area contributed by atoms with E-state index in [1.54, 1.807) is 0 Å². The molecule has 3 saturated heterocycles. The van der Waals surface area contributed by atoms with Crippen molar-refractivity contribution in [2.45, 2.75) is 63.6 Å². The summed E-state index contributed by atoms with van der Waals surface area (Å²) in [7, 11) is 1.32. The van der Waals surface area contributed by atoms with Crippen molar-refractivity contribution >= 4 is 17.7 Å². The summed E-state index contributed by atoms with van der Waals surface area (Å²) in [5.41, 5.74) is -0.231. The molecule has 0 aliphatic carbocycles. The van der Waals surface area contributed by atoms with Crippen LogP contribution in [0.1, 0.15) is 50.5 Å². The number of ketones is 1. The number of benzene rings is 1. The number of likely N-dealkylation sites (tertiary alicyclic amines) is 1. The van der Waals surface area contributed by atoms with Gasteiger partial charge in [0.05, 0.1) is 13.5 Å². The number of hydrogen-bond acceptors (Lipinski definition) is 5.